The van der Waals surface area contributed by atoms with Crippen molar-refractivity contribution < 1.29 is 29.6 Å². The summed E-state index contributed by atoms with van der Waals surface area (Å²) >= 11 is 0. The van der Waals surface area contributed by atoms with Gasteiger partial charge in [-0.15, -0.1) is 0 Å². The molecule has 1 aromatic rings. The van der Waals surface area contributed by atoms with E-state index < -0.39 is 11.4 Å². The van der Waals surface area contributed by atoms with E-state index in [9.17, 15) is 24.9 Å². The standard InChI is InChI=1S/C39H54O6/c1-24-26(23-40)15-20-39(34(43)44)22-21-37(5)28(33(24)39)12-13-30-36(4)18-17-31(35(2,3)29(36)16-19-38(30,37)6)45-32(42)14-9-25-7-10-27(41)11-8-25/h7-12,14,24,26,29-31,33,40-41H,13,15-23H2,1-6H3,(H,43,44)/b14-9-/t24-,26+,29-,30+,31-,33-,36-,37+,38+,39-/m0/s1. The number of carboxylic acid groups (broad SMARTS) is 1. The van der Waals surface area contributed by atoms with Crippen LogP contribution in [-0.2, 0) is 14.3 Å². The fraction of sp³-hybridized carbons (Fsp3) is 0.692. The van der Waals surface area contributed by atoms with Crippen LogP contribution in [0.3, 0.4) is 0 Å². The molecule has 0 spiro atoms. The van der Waals surface area contributed by atoms with Gasteiger partial charge in [0.25, 0.3) is 0 Å². The van der Waals surface area contributed by atoms with Gasteiger partial charge < -0.3 is 20.1 Å². The molecule has 0 amide bonds. The van der Waals surface area contributed by atoms with Crippen LogP contribution in [0.2, 0.25) is 0 Å². The molecule has 0 saturated heterocycles. The zero-order chi connectivity index (χ0) is 32.6. The third-order valence-electron chi connectivity index (χ3n) is 14.9. The molecule has 0 aliphatic heterocycles. The van der Waals surface area contributed by atoms with Gasteiger partial charge in [-0.2, -0.15) is 0 Å². The van der Waals surface area contributed by atoms with Gasteiger partial charge in [-0.25, -0.2) is 4.79 Å². The lowest BCUT2D eigenvalue weighted by Gasteiger charge is -2.71. The highest BCUT2D eigenvalue weighted by Crippen LogP contribution is 2.75. The quantitative estimate of drug-likeness (QED) is 0.175. The van der Waals surface area contributed by atoms with Crippen molar-refractivity contribution >= 4 is 18.0 Å². The third-order valence-corrected chi connectivity index (χ3v) is 14.9. The predicted molar refractivity (Wildman–Crippen MR) is 175 cm³/mol. The van der Waals surface area contributed by atoms with Crippen LogP contribution in [0.15, 0.2) is 42.0 Å². The van der Waals surface area contributed by atoms with E-state index in [1.54, 1.807) is 30.3 Å². The van der Waals surface area contributed by atoms with E-state index in [2.05, 4.69) is 47.6 Å². The van der Waals surface area contributed by atoms with Crippen LogP contribution in [-0.4, -0.2) is 40.0 Å². The molecule has 6 rings (SSSR count). The molecule has 0 aromatic heterocycles. The zero-order valence-corrected chi connectivity index (χ0v) is 28.1. The van der Waals surface area contributed by atoms with E-state index in [0.717, 1.165) is 50.5 Å². The Morgan fingerprint density at radius 3 is 2.31 bits per heavy atom. The summed E-state index contributed by atoms with van der Waals surface area (Å²) < 4.78 is 6.18. The second-order valence-corrected chi connectivity index (χ2v) is 16.8. The third kappa shape index (κ3) is 4.66. The maximum atomic E-state index is 13.0. The number of rotatable bonds is 5. The number of carbonyl (C=O) groups excluding carboxylic acids is 1. The van der Waals surface area contributed by atoms with E-state index in [1.807, 2.05) is 0 Å². The maximum Gasteiger partial charge on any atom is 0.331 e. The van der Waals surface area contributed by atoms with Crippen molar-refractivity contribution in [3.05, 3.63) is 47.6 Å². The fourth-order valence-corrected chi connectivity index (χ4v) is 12.1. The molecule has 0 heterocycles. The van der Waals surface area contributed by atoms with Crippen LogP contribution in [0, 0.1) is 56.7 Å². The van der Waals surface area contributed by atoms with Gasteiger partial charge >= 0.3 is 11.9 Å². The molecule has 45 heavy (non-hydrogen) atoms. The van der Waals surface area contributed by atoms with Gasteiger partial charge in [-0.05, 0) is 127 Å². The molecule has 5 aliphatic carbocycles. The zero-order valence-electron chi connectivity index (χ0n) is 28.1. The predicted octanol–water partition coefficient (Wildman–Crippen LogP) is 8.03. The molecule has 3 N–H and O–H groups in total. The SMILES string of the molecule is C[C@H]1[C@@H](CO)CC[C@]2(C(=O)O)CC[C@]3(C)C(=CC[C@@H]4[C@@]5(C)CC[C@H](OC(=O)/C=C\c6ccc(O)cc6)C(C)(C)[C@@H]5CC[C@]43C)[C@H]12. The topological polar surface area (TPSA) is 104 Å². The Hall–Kier alpha value is -2.60. The molecule has 0 unspecified atom stereocenters. The monoisotopic (exact) mass is 618 g/mol. The Bertz CT molecular complexity index is 1390. The van der Waals surface area contributed by atoms with Gasteiger partial charge in [0.05, 0.1) is 5.41 Å². The van der Waals surface area contributed by atoms with Crippen molar-refractivity contribution in [3.63, 3.8) is 0 Å². The highest BCUT2D eigenvalue weighted by atomic mass is 16.5. The molecule has 6 nitrogen and oxygen atoms in total. The summed E-state index contributed by atoms with van der Waals surface area (Å²) in [5.74, 6) is 0.369. The van der Waals surface area contributed by atoms with Crippen molar-refractivity contribution in [2.75, 3.05) is 6.61 Å². The minimum atomic E-state index is -0.721. The van der Waals surface area contributed by atoms with Gasteiger partial charge in [-0.1, -0.05) is 65.3 Å². The molecule has 6 heteroatoms. The molecule has 246 valence electrons. The van der Waals surface area contributed by atoms with Crippen LogP contribution < -0.4 is 0 Å². The van der Waals surface area contributed by atoms with Gasteiger partial charge in [0.1, 0.15) is 11.9 Å². The van der Waals surface area contributed by atoms with Crippen LogP contribution in [0.25, 0.3) is 6.08 Å². The minimum Gasteiger partial charge on any atom is -0.508 e. The smallest absolute Gasteiger partial charge is 0.331 e. The molecule has 0 bridgehead atoms. The number of allylic oxidation sites excluding steroid dienone is 2. The van der Waals surface area contributed by atoms with Crippen molar-refractivity contribution in [3.8, 4) is 5.75 Å². The molecule has 4 fully saturated rings. The van der Waals surface area contributed by atoms with Gasteiger partial charge in [0.2, 0.25) is 0 Å². The number of aliphatic hydroxyl groups excluding tert-OH is 1. The first-order chi connectivity index (χ1) is 21.1. The number of hydrogen-bond acceptors (Lipinski definition) is 5. The lowest BCUT2D eigenvalue weighted by atomic mass is 9.33. The molecule has 0 radical (unpaired) electrons. The van der Waals surface area contributed by atoms with E-state index >= 15 is 0 Å². The van der Waals surface area contributed by atoms with E-state index in [-0.39, 0.29) is 63.8 Å². The van der Waals surface area contributed by atoms with Crippen LogP contribution in [0.5, 0.6) is 5.75 Å². The number of aliphatic hydroxyl groups is 1. The number of phenols is 1. The summed E-state index contributed by atoms with van der Waals surface area (Å²) in [5.41, 5.74) is 1.36. The van der Waals surface area contributed by atoms with E-state index in [0.29, 0.717) is 24.7 Å². The van der Waals surface area contributed by atoms with E-state index in [1.165, 1.54) is 11.6 Å². The summed E-state index contributed by atoms with van der Waals surface area (Å²) in [7, 11) is 0. The second-order valence-electron chi connectivity index (χ2n) is 16.8. The lowest BCUT2D eigenvalue weighted by molar-refractivity contribution is -0.213. The largest absolute Gasteiger partial charge is 0.508 e. The highest BCUT2D eigenvalue weighted by molar-refractivity contribution is 5.87. The van der Waals surface area contributed by atoms with Crippen LogP contribution in [0.1, 0.15) is 105 Å². The maximum absolute atomic E-state index is 13.0. The number of esters is 1. The van der Waals surface area contributed by atoms with Crippen molar-refractivity contribution in [1.29, 1.82) is 0 Å². The van der Waals surface area contributed by atoms with Crippen LogP contribution >= 0.6 is 0 Å². The summed E-state index contributed by atoms with van der Waals surface area (Å²) in [6, 6.07) is 6.75. The van der Waals surface area contributed by atoms with Gasteiger partial charge in [-0.3, -0.25) is 4.79 Å². The average molecular weight is 619 g/mol. The number of ether oxygens (including phenoxy) is 1. The number of phenolic OH excluding ortho intramolecular Hbond substituents is 1. The molecule has 1 aromatic carbocycles. The Balaban J connectivity index is 1.27. The van der Waals surface area contributed by atoms with E-state index in [4.69, 9.17) is 4.74 Å². The molecule has 5 aliphatic rings. The van der Waals surface area contributed by atoms with Gasteiger partial charge in [0, 0.05) is 18.1 Å². The Morgan fingerprint density at radius 2 is 1.64 bits per heavy atom. The molecule has 10 atom stereocenters. The number of carboxylic acids is 1. The molecule has 4 saturated carbocycles. The Morgan fingerprint density at radius 1 is 0.933 bits per heavy atom. The lowest BCUT2D eigenvalue weighted by Crippen LogP contribution is -2.65. The average Bonchev–Trinajstić information content (AvgIpc) is 2.98. The number of aliphatic carboxylic acids is 1. The number of benzene rings is 1. The summed E-state index contributed by atoms with van der Waals surface area (Å²) in [4.78, 5) is 26.0. The van der Waals surface area contributed by atoms with Gasteiger partial charge in [0.15, 0.2) is 0 Å². The van der Waals surface area contributed by atoms with Crippen molar-refractivity contribution in [2.24, 2.45) is 56.7 Å². The van der Waals surface area contributed by atoms with Crippen LogP contribution in [0.4, 0.5) is 0 Å². The fourth-order valence-electron chi connectivity index (χ4n) is 12.1. The normalized spacial score (nSPS) is 43.7. The van der Waals surface area contributed by atoms with Crippen molar-refractivity contribution in [2.45, 2.75) is 105 Å². The Labute approximate surface area is 269 Å². The summed E-state index contributed by atoms with van der Waals surface area (Å²) in [5, 5.41) is 30.5. The van der Waals surface area contributed by atoms with Crippen molar-refractivity contribution in [1.82, 2.24) is 0 Å². The highest BCUT2D eigenvalue weighted by Gasteiger charge is 2.69. The number of hydrogen-bond donors (Lipinski definition) is 3. The summed E-state index contributed by atoms with van der Waals surface area (Å²) in [6.07, 6.45) is 13.6. The molecular weight excluding hydrogens is 564 g/mol. The second kappa shape index (κ2) is 11.0. The number of fused-ring (bicyclic) bond motifs is 7. The number of carbonyl (C=O) groups is 2. The first kappa shape index (κ1) is 32.3. The first-order valence-electron chi connectivity index (χ1n) is 17.4. The summed E-state index contributed by atoms with van der Waals surface area (Å²) in [6.45, 7) is 14.4. The first-order valence-corrected chi connectivity index (χ1v) is 17.4. The minimum absolute atomic E-state index is 0.0239. The number of aromatic hydroxyl groups is 1. The Kier molecular flexibility index (Phi) is 7.90. The molecular formula is C39H54O6.